The monoisotopic (exact) mass is 805 g/mol. The standard InChI is InChI=1S/C26H33N3O2.C20H18O8/c1-27-15-17-28(18-16-27)24-6-3-2-5-20(24)19-21-11-14-29(25(21)30)23-9-7-22(8-10-23)26(31)12-4-13-26;1-11-3-7-13(8-4-11)19(25)27-15(17(21)22)16(18(23)24)28-20(26)14-9-5-12(2)6-10-14/h2-3,5-10,21,31H,4,11-19H2,1H3;3-10,15-16H,1-2H3,(H,21,22)(H,23,24)/t21-;15-,16-/m11/s1. The summed E-state index contributed by atoms with van der Waals surface area (Å²) in [5.41, 5.74) is 5.65. The van der Waals surface area contributed by atoms with Crippen LogP contribution in [0.25, 0.3) is 0 Å². The molecule has 0 bridgehead atoms. The second-order valence-electron chi connectivity index (χ2n) is 15.6. The molecular weight excluding hydrogens is 755 g/mol. The Morgan fingerprint density at radius 1 is 0.712 bits per heavy atom. The van der Waals surface area contributed by atoms with Gasteiger partial charge in [0.2, 0.25) is 18.1 Å². The van der Waals surface area contributed by atoms with E-state index >= 15 is 0 Å². The molecule has 3 fully saturated rings. The molecule has 1 aliphatic carbocycles. The first kappa shape index (κ1) is 42.6. The van der Waals surface area contributed by atoms with Crippen molar-refractivity contribution in [2.24, 2.45) is 5.92 Å². The van der Waals surface area contributed by atoms with Crippen LogP contribution in [0.5, 0.6) is 0 Å². The summed E-state index contributed by atoms with van der Waals surface area (Å²) in [5.74, 6) is -5.36. The molecule has 13 heteroatoms. The zero-order valence-corrected chi connectivity index (χ0v) is 33.6. The Balaban J connectivity index is 0.000000200. The molecule has 4 aromatic carbocycles. The Morgan fingerprint density at radius 2 is 1.22 bits per heavy atom. The van der Waals surface area contributed by atoms with Crippen LogP contribution in [0.4, 0.5) is 11.4 Å². The second-order valence-corrected chi connectivity index (χ2v) is 15.6. The van der Waals surface area contributed by atoms with Crippen LogP contribution < -0.4 is 9.80 Å². The van der Waals surface area contributed by atoms with Crippen LogP contribution >= 0.6 is 0 Å². The van der Waals surface area contributed by atoms with E-state index in [0.717, 1.165) is 87.2 Å². The topological polar surface area (TPSA) is 174 Å². The lowest BCUT2D eigenvalue weighted by atomic mass is 9.75. The van der Waals surface area contributed by atoms with Gasteiger partial charge in [0.25, 0.3) is 0 Å². The van der Waals surface area contributed by atoms with Crippen molar-refractivity contribution in [1.82, 2.24) is 4.90 Å². The molecule has 1 amide bonds. The summed E-state index contributed by atoms with van der Waals surface area (Å²) >= 11 is 0. The highest BCUT2D eigenvalue weighted by atomic mass is 16.6. The SMILES string of the molecule is CN1CCN(c2ccccc2C[C@H]2CCN(c3ccc(C4(O)CCC4)cc3)C2=O)CC1.Cc1ccc(C(=O)O[C@@H](C(=O)O)[C@@H](OC(=O)c2ccc(C)cc2)C(=O)O)cc1. The number of likely N-dealkylation sites (N-methyl/N-ethyl adjacent to an activating group) is 1. The Bertz CT molecular complexity index is 2050. The lowest BCUT2D eigenvalue weighted by molar-refractivity contribution is -0.166. The molecule has 1 saturated carbocycles. The summed E-state index contributed by atoms with van der Waals surface area (Å²) in [5, 5.41) is 29.2. The molecule has 13 nitrogen and oxygen atoms in total. The molecule has 0 unspecified atom stereocenters. The van der Waals surface area contributed by atoms with E-state index in [0.29, 0.717) is 0 Å². The van der Waals surface area contributed by atoms with Crippen LogP contribution in [0.15, 0.2) is 97.1 Å². The van der Waals surface area contributed by atoms with Crippen LogP contribution in [-0.2, 0) is 35.9 Å². The first-order valence-corrected chi connectivity index (χ1v) is 19.9. The van der Waals surface area contributed by atoms with E-state index in [1.807, 2.05) is 29.2 Å². The number of benzene rings is 4. The van der Waals surface area contributed by atoms with E-state index in [-0.39, 0.29) is 23.0 Å². The van der Waals surface area contributed by atoms with E-state index in [1.165, 1.54) is 35.5 Å². The maximum atomic E-state index is 13.2. The Kier molecular flexibility index (Phi) is 13.5. The number of para-hydroxylation sites is 1. The average molecular weight is 806 g/mol. The van der Waals surface area contributed by atoms with Crippen molar-refractivity contribution in [3.63, 3.8) is 0 Å². The second kappa shape index (κ2) is 18.7. The Labute approximate surface area is 343 Å². The summed E-state index contributed by atoms with van der Waals surface area (Å²) in [4.78, 5) is 67.3. The molecule has 7 rings (SSSR count). The molecule has 2 heterocycles. The molecule has 3 aliphatic rings. The largest absolute Gasteiger partial charge is 0.478 e. The number of piperazine rings is 1. The van der Waals surface area contributed by atoms with Crippen LogP contribution in [0, 0.1) is 19.8 Å². The normalized spacial score (nSPS) is 18.4. The summed E-state index contributed by atoms with van der Waals surface area (Å²) in [6.45, 7) is 8.59. The van der Waals surface area contributed by atoms with E-state index < -0.39 is 41.7 Å². The van der Waals surface area contributed by atoms with Gasteiger partial charge in [-0.3, -0.25) is 4.79 Å². The first-order chi connectivity index (χ1) is 28.2. The zero-order chi connectivity index (χ0) is 42.3. The number of nitrogens with zero attached hydrogens (tertiary/aromatic N) is 3. The lowest BCUT2D eigenvalue weighted by Gasteiger charge is -2.37. The number of rotatable bonds is 12. The van der Waals surface area contributed by atoms with Crippen LogP contribution in [0.3, 0.4) is 0 Å². The fourth-order valence-electron chi connectivity index (χ4n) is 7.47. The summed E-state index contributed by atoms with van der Waals surface area (Å²) in [6, 6.07) is 28.7. The molecule has 3 N–H and O–H groups in total. The van der Waals surface area contributed by atoms with Crippen molar-refractivity contribution >= 4 is 41.2 Å². The van der Waals surface area contributed by atoms with Gasteiger partial charge >= 0.3 is 23.9 Å². The van der Waals surface area contributed by atoms with Gasteiger partial charge in [0.15, 0.2) is 0 Å². The highest BCUT2D eigenvalue weighted by molar-refractivity contribution is 5.97. The lowest BCUT2D eigenvalue weighted by Crippen LogP contribution is -2.45. The number of aliphatic carboxylic acids is 2. The van der Waals surface area contributed by atoms with Crippen molar-refractivity contribution in [3.8, 4) is 0 Å². The molecular formula is C46H51N3O10. The quantitative estimate of drug-likeness (QED) is 0.151. The maximum absolute atomic E-state index is 13.2. The predicted molar refractivity (Wildman–Crippen MR) is 221 cm³/mol. The minimum Gasteiger partial charge on any atom is -0.478 e. The van der Waals surface area contributed by atoms with Gasteiger partial charge in [0.05, 0.1) is 16.7 Å². The molecule has 0 spiro atoms. The van der Waals surface area contributed by atoms with E-state index in [2.05, 4.69) is 41.1 Å². The number of anilines is 2. The number of carboxylic acid groups (broad SMARTS) is 2. The van der Waals surface area contributed by atoms with Crippen LogP contribution in [0.2, 0.25) is 0 Å². The molecule has 2 saturated heterocycles. The van der Waals surface area contributed by atoms with Gasteiger partial charge in [0, 0.05) is 50.0 Å². The van der Waals surface area contributed by atoms with Crippen molar-refractivity contribution in [1.29, 1.82) is 0 Å². The van der Waals surface area contributed by atoms with Gasteiger partial charge in [-0.1, -0.05) is 65.7 Å². The fraction of sp³-hybridized carbons (Fsp3) is 0.370. The number of carbonyl (C=O) groups is 5. The molecule has 3 atom stereocenters. The minimum absolute atomic E-state index is 0.0316. The molecule has 310 valence electrons. The highest BCUT2D eigenvalue weighted by Crippen LogP contribution is 2.41. The third-order valence-electron chi connectivity index (χ3n) is 11.3. The smallest absolute Gasteiger partial charge is 0.349 e. The predicted octanol–water partition coefficient (Wildman–Crippen LogP) is 5.63. The summed E-state index contributed by atoms with van der Waals surface area (Å²) < 4.78 is 9.64. The minimum atomic E-state index is -2.22. The molecule has 0 radical (unpaired) electrons. The van der Waals surface area contributed by atoms with E-state index in [9.17, 15) is 39.3 Å². The van der Waals surface area contributed by atoms with Gasteiger partial charge in [-0.2, -0.15) is 0 Å². The van der Waals surface area contributed by atoms with E-state index in [4.69, 9.17) is 9.47 Å². The first-order valence-electron chi connectivity index (χ1n) is 19.9. The third-order valence-corrected chi connectivity index (χ3v) is 11.3. The van der Waals surface area contributed by atoms with Crippen LogP contribution in [-0.4, -0.2) is 102 Å². The molecule has 4 aromatic rings. The van der Waals surface area contributed by atoms with Gasteiger partial charge in [0.1, 0.15) is 0 Å². The van der Waals surface area contributed by atoms with Crippen LogP contribution in [0.1, 0.15) is 68.7 Å². The summed E-state index contributed by atoms with van der Waals surface area (Å²) in [6.07, 6.45) is 0.00624. The molecule has 59 heavy (non-hydrogen) atoms. The highest BCUT2D eigenvalue weighted by Gasteiger charge is 2.41. The summed E-state index contributed by atoms with van der Waals surface area (Å²) in [7, 11) is 2.17. The number of hydrogen-bond donors (Lipinski definition) is 3. The number of ether oxygens (including phenoxy) is 2. The Hall–Kier alpha value is -6.05. The maximum Gasteiger partial charge on any atom is 0.349 e. The van der Waals surface area contributed by atoms with E-state index in [1.54, 1.807) is 38.1 Å². The van der Waals surface area contributed by atoms with Crippen molar-refractivity contribution in [2.45, 2.75) is 63.8 Å². The van der Waals surface area contributed by atoms with Gasteiger partial charge < -0.3 is 39.5 Å². The number of aliphatic hydroxyl groups is 1. The van der Waals surface area contributed by atoms with Crippen molar-refractivity contribution in [3.05, 3.63) is 130 Å². The van der Waals surface area contributed by atoms with Gasteiger partial charge in [-0.25, -0.2) is 19.2 Å². The zero-order valence-electron chi connectivity index (χ0n) is 33.6. The number of aryl methyl sites for hydroxylation is 2. The number of amides is 1. The third kappa shape index (κ3) is 10.3. The van der Waals surface area contributed by atoms with Crippen molar-refractivity contribution < 1.29 is 48.8 Å². The van der Waals surface area contributed by atoms with Crippen molar-refractivity contribution in [2.75, 3.05) is 49.6 Å². The number of hydrogen-bond acceptors (Lipinski definition) is 10. The number of carboxylic acids is 2. The fourth-order valence-corrected chi connectivity index (χ4v) is 7.47. The number of carbonyl (C=O) groups excluding carboxylic acids is 3. The molecule has 0 aromatic heterocycles. The van der Waals surface area contributed by atoms with Gasteiger partial charge in [-0.15, -0.1) is 0 Å². The molecule has 2 aliphatic heterocycles. The van der Waals surface area contributed by atoms with Gasteiger partial charge in [-0.05, 0) is 107 Å². The number of esters is 2. The Morgan fingerprint density at radius 3 is 1.69 bits per heavy atom. The average Bonchev–Trinajstić information content (AvgIpc) is 3.58.